The van der Waals surface area contributed by atoms with Crippen molar-refractivity contribution in [1.82, 2.24) is 19.6 Å². The molecule has 7 nitrogen and oxygen atoms in total. The van der Waals surface area contributed by atoms with Crippen LogP contribution in [0.15, 0.2) is 73.2 Å². The number of methoxy groups -OCH3 is 1. The van der Waals surface area contributed by atoms with Crippen LogP contribution in [0.5, 0.6) is 0 Å². The predicted molar refractivity (Wildman–Crippen MR) is 106 cm³/mol. The fourth-order valence-electron chi connectivity index (χ4n) is 3.01. The zero-order valence-electron chi connectivity index (χ0n) is 15.6. The summed E-state index contributed by atoms with van der Waals surface area (Å²) >= 11 is 0. The highest BCUT2D eigenvalue weighted by Crippen LogP contribution is 2.20. The number of nitrogens with zero attached hydrogens (tertiary/aromatic N) is 4. The van der Waals surface area contributed by atoms with Crippen LogP contribution in [0.4, 0.5) is 10.1 Å². The molecular formula is C21H18FN5O2. The monoisotopic (exact) mass is 391 g/mol. The Hall–Kier alpha value is -3.78. The number of aromatic nitrogens is 4. The Morgan fingerprint density at radius 2 is 1.97 bits per heavy atom. The quantitative estimate of drug-likeness (QED) is 0.545. The SMILES string of the molecule is COCc1c(C(=O)Nc2ccc(-n3cccn3)c(F)c2)cnn1-c1ccccc1. The Bertz CT molecular complexity index is 1120. The molecule has 0 bridgehead atoms. The number of halogens is 1. The second-order valence-electron chi connectivity index (χ2n) is 6.26. The van der Waals surface area contributed by atoms with Gasteiger partial charge in [0.1, 0.15) is 5.69 Å². The molecule has 0 saturated carbocycles. The van der Waals surface area contributed by atoms with Crippen LogP contribution >= 0.6 is 0 Å². The van der Waals surface area contributed by atoms with Crippen molar-refractivity contribution in [2.45, 2.75) is 6.61 Å². The number of nitrogens with one attached hydrogen (secondary N) is 1. The second kappa shape index (κ2) is 8.07. The number of carbonyl (C=O) groups excluding carboxylic acids is 1. The molecule has 4 aromatic rings. The van der Waals surface area contributed by atoms with Crippen molar-refractivity contribution >= 4 is 11.6 Å². The van der Waals surface area contributed by atoms with Gasteiger partial charge in [-0.25, -0.2) is 13.8 Å². The summed E-state index contributed by atoms with van der Waals surface area (Å²) in [7, 11) is 1.55. The number of benzene rings is 2. The van der Waals surface area contributed by atoms with E-state index in [4.69, 9.17) is 4.74 Å². The maximum atomic E-state index is 14.4. The van der Waals surface area contributed by atoms with Crippen molar-refractivity contribution in [2.75, 3.05) is 12.4 Å². The molecule has 0 aliphatic heterocycles. The summed E-state index contributed by atoms with van der Waals surface area (Å²) in [6.07, 6.45) is 4.69. The highest BCUT2D eigenvalue weighted by molar-refractivity contribution is 6.05. The first-order chi connectivity index (χ1) is 14.2. The minimum atomic E-state index is -0.497. The minimum absolute atomic E-state index is 0.199. The first-order valence-corrected chi connectivity index (χ1v) is 8.89. The lowest BCUT2D eigenvalue weighted by atomic mass is 10.2. The van der Waals surface area contributed by atoms with Gasteiger partial charge in [0.05, 0.1) is 29.7 Å². The van der Waals surface area contributed by atoms with E-state index in [1.165, 1.54) is 16.9 Å². The van der Waals surface area contributed by atoms with Gasteiger partial charge >= 0.3 is 0 Å². The normalized spacial score (nSPS) is 10.8. The Labute approximate surface area is 166 Å². The second-order valence-corrected chi connectivity index (χ2v) is 6.26. The third-order valence-corrected chi connectivity index (χ3v) is 4.35. The highest BCUT2D eigenvalue weighted by atomic mass is 19.1. The molecule has 2 aromatic heterocycles. The maximum Gasteiger partial charge on any atom is 0.259 e. The van der Waals surface area contributed by atoms with Crippen LogP contribution < -0.4 is 5.32 Å². The standard InChI is InChI=1S/C21H18FN5O2/c1-29-14-20-17(13-24-27(20)16-6-3-2-4-7-16)21(28)25-15-8-9-19(18(22)12-15)26-11-5-10-23-26/h2-13H,14H2,1H3,(H,25,28). The van der Waals surface area contributed by atoms with Gasteiger partial charge in [-0.2, -0.15) is 10.2 Å². The van der Waals surface area contributed by atoms with E-state index < -0.39 is 11.7 Å². The van der Waals surface area contributed by atoms with Gasteiger partial charge in [-0.15, -0.1) is 0 Å². The van der Waals surface area contributed by atoms with Crippen molar-refractivity contribution in [3.05, 3.63) is 90.3 Å². The Kier molecular flexibility index (Phi) is 5.17. The number of hydrogen-bond acceptors (Lipinski definition) is 4. The van der Waals surface area contributed by atoms with E-state index in [-0.39, 0.29) is 6.61 Å². The van der Waals surface area contributed by atoms with Gasteiger partial charge in [-0.05, 0) is 36.4 Å². The van der Waals surface area contributed by atoms with Crippen LogP contribution in [0.2, 0.25) is 0 Å². The number of rotatable bonds is 6. The van der Waals surface area contributed by atoms with Gasteiger partial charge in [0.25, 0.3) is 5.91 Å². The van der Waals surface area contributed by atoms with Gasteiger partial charge < -0.3 is 10.1 Å². The summed E-state index contributed by atoms with van der Waals surface area (Å²) in [6, 6.07) is 15.6. The molecule has 146 valence electrons. The maximum absolute atomic E-state index is 14.4. The average molecular weight is 391 g/mol. The minimum Gasteiger partial charge on any atom is -0.378 e. The summed E-state index contributed by atoms with van der Waals surface area (Å²) in [5.41, 5.74) is 2.40. The van der Waals surface area contributed by atoms with Gasteiger partial charge in [0, 0.05) is 25.2 Å². The topological polar surface area (TPSA) is 74.0 Å². The number of anilines is 1. The molecular weight excluding hydrogens is 373 g/mol. The Balaban J connectivity index is 1.60. The van der Waals surface area contributed by atoms with Crippen molar-refractivity contribution in [3.8, 4) is 11.4 Å². The van der Waals surface area contributed by atoms with Crippen molar-refractivity contribution in [1.29, 1.82) is 0 Å². The smallest absolute Gasteiger partial charge is 0.259 e. The van der Waals surface area contributed by atoms with Crippen molar-refractivity contribution < 1.29 is 13.9 Å². The predicted octanol–water partition coefficient (Wildman–Crippen LogP) is 3.60. The molecule has 1 amide bonds. The van der Waals surface area contributed by atoms with Crippen LogP contribution in [-0.4, -0.2) is 32.6 Å². The summed E-state index contributed by atoms with van der Waals surface area (Å²) in [5.74, 6) is -0.894. The summed E-state index contributed by atoms with van der Waals surface area (Å²) in [5, 5.41) is 11.1. The van der Waals surface area contributed by atoms with E-state index >= 15 is 0 Å². The van der Waals surface area contributed by atoms with Gasteiger partial charge in [0.15, 0.2) is 5.82 Å². The Morgan fingerprint density at radius 3 is 2.66 bits per heavy atom. The molecule has 4 rings (SSSR count). The largest absolute Gasteiger partial charge is 0.378 e. The van der Waals surface area contributed by atoms with Crippen LogP contribution in [0.25, 0.3) is 11.4 Å². The van der Waals surface area contributed by atoms with Gasteiger partial charge in [-0.1, -0.05) is 18.2 Å². The van der Waals surface area contributed by atoms with Gasteiger partial charge in [-0.3, -0.25) is 4.79 Å². The third kappa shape index (κ3) is 3.78. The molecule has 2 heterocycles. The molecule has 0 aliphatic rings. The molecule has 0 atom stereocenters. The van der Waals surface area contributed by atoms with E-state index in [2.05, 4.69) is 15.5 Å². The number of carbonyl (C=O) groups is 1. The molecule has 0 fully saturated rings. The zero-order chi connectivity index (χ0) is 20.2. The van der Waals surface area contributed by atoms with Crippen molar-refractivity contribution in [2.24, 2.45) is 0 Å². The number of hydrogen-bond donors (Lipinski definition) is 1. The molecule has 29 heavy (non-hydrogen) atoms. The number of para-hydroxylation sites is 1. The van der Waals surface area contributed by atoms with Crippen LogP contribution in [0, 0.1) is 5.82 Å². The molecule has 0 saturated heterocycles. The van der Waals surface area contributed by atoms with E-state index in [1.807, 2.05) is 30.3 Å². The van der Waals surface area contributed by atoms with E-state index in [9.17, 15) is 9.18 Å². The van der Waals surface area contributed by atoms with Crippen LogP contribution in [0.1, 0.15) is 16.1 Å². The lowest BCUT2D eigenvalue weighted by Gasteiger charge is -2.10. The molecule has 0 aliphatic carbocycles. The van der Waals surface area contributed by atoms with E-state index in [0.717, 1.165) is 5.69 Å². The lowest BCUT2D eigenvalue weighted by molar-refractivity contribution is 0.102. The highest BCUT2D eigenvalue weighted by Gasteiger charge is 2.19. The Morgan fingerprint density at radius 1 is 1.14 bits per heavy atom. The van der Waals surface area contributed by atoms with Crippen LogP contribution in [0.3, 0.4) is 0 Å². The first kappa shape index (κ1) is 18.6. The van der Waals surface area contributed by atoms with E-state index in [1.54, 1.807) is 42.4 Å². The first-order valence-electron chi connectivity index (χ1n) is 8.89. The third-order valence-electron chi connectivity index (χ3n) is 4.35. The van der Waals surface area contributed by atoms with Gasteiger partial charge in [0.2, 0.25) is 0 Å². The molecule has 1 N–H and O–H groups in total. The molecule has 0 unspecified atom stereocenters. The van der Waals surface area contributed by atoms with Crippen molar-refractivity contribution in [3.63, 3.8) is 0 Å². The molecule has 8 heteroatoms. The molecule has 2 aromatic carbocycles. The lowest BCUT2D eigenvalue weighted by Crippen LogP contribution is -2.15. The number of amides is 1. The molecule has 0 radical (unpaired) electrons. The fraction of sp³-hybridized carbons (Fsp3) is 0.0952. The molecule has 0 spiro atoms. The summed E-state index contributed by atoms with van der Waals surface area (Å²) < 4.78 is 22.8. The number of ether oxygens (including phenoxy) is 1. The zero-order valence-corrected chi connectivity index (χ0v) is 15.6. The van der Waals surface area contributed by atoms with E-state index in [0.29, 0.717) is 22.6 Å². The van der Waals surface area contributed by atoms with Crippen LogP contribution in [-0.2, 0) is 11.3 Å². The summed E-state index contributed by atoms with van der Waals surface area (Å²) in [4.78, 5) is 12.8. The average Bonchev–Trinajstić information content (AvgIpc) is 3.39. The fourth-order valence-corrected chi connectivity index (χ4v) is 3.01. The summed E-state index contributed by atoms with van der Waals surface area (Å²) in [6.45, 7) is 0.199.